The Balaban J connectivity index is 2.58. The van der Waals surface area contributed by atoms with E-state index in [2.05, 4.69) is 31.0 Å². The number of hydrogen-bond donors (Lipinski definition) is 1. The normalized spacial score (nSPS) is 10.7. The standard InChI is InChI=1S/C10H11BrN4O/c1-3-8-6(5-15(2)14-8)9-12-4-7(11)10(16)13-9/h4-5H,3H2,1-2H3,(H,12,13,16). The van der Waals surface area contributed by atoms with Crippen LogP contribution in [-0.2, 0) is 13.5 Å². The van der Waals surface area contributed by atoms with Crippen molar-refractivity contribution >= 4 is 15.9 Å². The SMILES string of the molecule is CCc1nn(C)cc1-c1ncc(Br)c(=O)[nH]1. The van der Waals surface area contributed by atoms with Crippen LogP contribution in [0.2, 0.25) is 0 Å². The average molecular weight is 283 g/mol. The van der Waals surface area contributed by atoms with E-state index in [1.807, 2.05) is 20.2 Å². The quantitative estimate of drug-likeness (QED) is 0.908. The molecule has 0 atom stereocenters. The predicted molar refractivity (Wildman–Crippen MR) is 64.1 cm³/mol. The Morgan fingerprint density at radius 1 is 1.56 bits per heavy atom. The van der Waals surface area contributed by atoms with Crippen LogP contribution >= 0.6 is 15.9 Å². The van der Waals surface area contributed by atoms with Crippen LogP contribution in [0.3, 0.4) is 0 Å². The lowest BCUT2D eigenvalue weighted by molar-refractivity contribution is 0.746. The third-order valence-corrected chi connectivity index (χ3v) is 2.82. The summed E-state index contributed by atoms with van der Waals surface area (Å²) in [5, 5.41) is 4.30. The van der Waals surface area contributed by atoms with Crippen LogP contribution in [0.5, 0.6) is 0 Å². The van der Waals surface area contributed by atoms with Crippen molar-refractivity contribution < 1.29 is 0 Å². The van der Waals surface area contributed by atoms with E-state index in [0.29, 0.717) is 10.3 Å². The number of hydrogen-bond acceptors (Lipinski definition) is 3. The van der Waals surface area contributed by atoms with Gasteiger partial charge in [-0.2, -0.15) is 5.10 Å². The van der Waals surface area contributed by atoms with Crippen LogP contribution in [0.25, 0.3) is 11.4 Å². The summed E-state index contributed by atoms with van der Waals surface area (Å²) < 4.78 is 2.15. The molecular formula is C10H11BrN4O. The fraction of sp³-hybridized carbons (Fsp3) is 0.300. The van der Waals surface area contributed by atoms with Gasteiger partial charge in [-0.15, -0.1) is 0 Å². The van der Waals surface area contributed by atoms with E-state index in [-0.39, 0.29) is 5.56 Å². The summed E-state index contributed by atoms with van der Waals surface area (Å²) >= 11 is 3.12. The highest BCUT2D eigenvalue weighted by molar-refractivity contribution is 9.10. The van der Waals surface area contributed by atoms with Crippen LogP contribution in [-0.4, -0.2) is 19.7 Å². The van der Waals surface area contributed by atoms with E-state index < -0.39 is 0 Å². The predicted octanol–water partition coefficient (Wildman–Crippen LogP) is 1.50. The molecule has 0 radical (unpaired) electrons. The fourth-order valence-corrected chi connectivity index (χ4v) is 1.71. The number of aryl methyl sites for hydroxylation is 2. The molecule has 5 nitrogen and oxygen atoms in total. The Morgan fingerprint density at radius 2 is 2.31 bits per heavy atom. The van der Waals surface area contributed by atoms with Gasteiger partial charge in [0.1, 0.15) is 10.3 Å². The third-order valence-electron chi connectivity index (χ3n) is 2.25. The van der Waals surface area contributed by atoms with Gasteiger partial charge >= 0.3 is 0 Å². The lowest BCUT2D eigenvalue weighted by Crippen LogP contribution is -2.09. The second kappa shape index (κ2) is 4.21. The smallest absolute Gasteiger partial charge is 0.265 e. The van der Waals surface area contributed by atoms with Crippen molar-refractivity contribution in [2.45, 2.75) is 13.3 Å². The molecule has 0 amide bonds. The minimum Gasteiger partial charge on any atom is -0.305 e. The van der Waals surface area contributed by atoms with Gasteiger partial charge in [0.05, 0.1) is 11.3 Å². The summed E-state index contributed by atoms with van der Waals surface area (Å²) in [4.78, 5) is 18.3. The minimum absolute atomic E-state index is 0.184. The van der Waals surface area contributed by atoms with Gasteiger partial charge in [0.25, 0.3) is 5.56 Å². The summed E-state index contributed by atoms with van der Waals surface area (Å²) in [6.45, 7) is 2.02. The van der Waals surface area contributed by atoms with Gasteiger partial charge in [0.2, 0.25) is 0 Å². The van der Waals surface area contributed by atoms with E-state index in [9.17, 15) is 4.79 Å². The molecule has 0 aliphatic heterocycles. The van der Waals surface area contributed by atoms with Gasteiger partial charge in [0, 0.05) is 19.4 Å². The van der Waals surface area contributed by atoms with Crippen LogP contribution < -0.4 is 5.56 Å². The molecule has 0 saturated carbocycles. The summed E-state index contributed by atoms with van der Waals surface area (Å²) in [6.07, 6.45) is 4.15. The molecule has 0 saturated heterocycles. The number of aromatic amines is 1. The molecule has 1 N–H and O–H groups in total. The van der Waals surface area contributed by atoms with Crippen LogP contribution in [0, 0.1) is 0 Å². The summed E-state index contributed by atoms with van der Waals surface area (Å²) in [7, 11) is 1.85. The second-order valence-electron chi connectivity index (χ2n) is 3.43. The van der Waals surface area contributed by atoms with Crippen molar-refractivity contribution in [3.8, 4) is 11.4 Å². The highest BCUT2D eigenvalue weighted by Gasteiger charge is 2.10. The maximum Gasteiger partial charge on any atom is 0.265 e. The summed E-state index contributed by atoms with van der Waals surface area (Å²) in [6, 6.07) is 0. The Hall–Kier alpha value is -1.43. The van der Waals surface area contributed by atoms with E-state index in [0.717, 1.165) is 17.7 Å². The molecule has 2 aromatic heterocycles. The molecule has 6 heteroatoms. The van der Waals surface area contributed by atoms with Crippen LogP contribution in [0.15, 0.2) is 21.7 Å². The molecule has 0 aromatic carbocycles. The monoisotopic (exact) mass is 282 g/mol. The lowest BCUT2D eigenvalue weighted by Gasteiger charge is -1.99. The summed E-state index contributed by atoms with van der Waals surface area (Å²) in [5.74, 6) is 0.554. The number of H-pyrrole nitrogens is 1. The number of halogens is 1. The maximum absolute atomic E-state index is 11.4. The zero-order chi connectivity index (χ0) is 11.7. The average Bonchev–Trinajstić information content (AvgIpc) is 2.63. The molecular weight excluding hydrogens is 272 g/mol. The van der Waals surface area contributed by atoms with Crippen molar-refractivity contribution in [1.82, 2.24) is 19.7 Å². The van der Waals surface area contributed by atoms with E-state index >= 15 is 0 Å². The van der Waals surface area contributed by atoms with E-state index in [4.69, 9.17) is 0 Å². The van der Waals surface area contributed by atoms with Gasteiger partial charge in [0.15, 0.2) is 0 Å². The number of nitrogens with one attached hydrogen (secondary N) is 1. The van der Waals surface area contributed by atoms with Crippen molar-refractivity contribution in [2.75, 3.05) is 0 Å². The first-order valence-electron chi connectivity index (χ1n) is 4.89. The number of rotatable bonds is 2. The van der Waals surface area contributed by atoms with Crippen molar-refractivity contribution in [3.05, 3.63) is 32.9 Å². The first-order valence-corrected chi connectivity index (χ1v) is 5.68. The topological polar surface area (TPSA) is 63.6 Å². The first-order chi connectivity index (χ1) is 7.61. The maximum atomic E-state index is 11.4. The highest BCUT2D eigenvalue weighted by Crippen LogP contribution is 2.18. The molecule has 0 spiro atoms. The van der Waals surface area contributed by atoms with E-state index in [1.54, 1.807) is 4.68 Å². The van der Waals surface area contributed by atoms with E-state index in [1.165, 1.54) is 6.20 Å². The van der Waals surface area contributed by atoms with Crippen molar-refractivity contribution in [2.24, 2.45) is 7.05 Å². The molecule has 0 unspecified atom stereocenters. The molecule has 0 aliphatic carbocycles. The Bertz CT molecular complexity index is 572. The van der Waals surface area contributed by atoms with Gasteiger partial charge in [-0.3, -0.25) is 9.48 Å². The van der Waals surface area contributed by atoms with Gasteiger partial charge < -0.3 is 4.98 Å². The zero-order valence-corrected chi connectivity index (χ0v) is 10.6. The largest absolute Gasteiger partial charge is 0.305 e. The van der Waals surface area contributed by atoms with Gasteiger partial charge in [-0.1, -0.05) is 6.92 Å². The molecule has 0 fully saturated rings. The fourth-order valence-electron chi connectivity index (χ4n) is 1.51. The molecule has 16 heavy (non-hydrogen) atoms. The highest BCUT2D eigenvalue weighted by atomic mass is 79.9. The van der Waals surface area contributed by atoms with Gasteiger partial charge in [-0.25, -0.2) is 4.98 Å². The van der Waals surface area contributed by atoms with Gasteiger partial charge in [-0.05, 0) is 22.4 Å². The molecule has 2 rings (SSSR count). The Labute approximate surface area is 101 Å². The molecule has 84 valence electrons. The Morgan fingerprint density at radius 3 is 2.94 bits per heavy atom. The molecule has 2 aromatic rings. The molecule has 2 heterocycles. The summed E-state index contributed by atoms with van der Waals surface area (Å²) in [5.41, 5.74) is 1.61. The van der Waals surface area contributed by atoms with Crippen molar-refractivity contribution in [1.29, 1.82) is 0 Å². The number of nitrogens with zero attached hydrogens (tertiary/aromatic N) is 3. The third kappa shape index (κ3) is 1.92. The zero-order valence-electron chi connectivity index (χ0n) is 8.99. The Kier molecular flexibility index (Phi) is 2.91. The van der Waals surface area contributed by atoms with Crippen LogP contribution in [0.4, 0.5) is 0 Å². The second-order valence-corrected chi connectivity index (χ2v) is 4.28. The lowest BCUT2D eigenvalue weighted by atomic mass is 10.2. The van der Waals surface area contributed by atoms with Crippen LogP contribution in [0.1, 0.15) is 12.6 Å². The molecule has 0 bridgehead atoms. The minimum atomic E-state index is -0.184. The van der Waals surface area contributed by atoms with Crippen molar-refractivity contribution in [3.63, 3.8) is 0 Å². The number of aromatic nitrogens is 4. The first kappa shape index (κ1) is 11.1. The molecule has 0 aliphatic rings.